The van der Waals surface area contributed by atoms with Crippen molar-refractivity contribution in [3.63, 3.8) is 0 Å². The number of anilines is 1. The summed E-state index contributed by atoms with van der Waals surface area (Å²) in [7, 11) is 0. The van der Waals surface area contributed by atoms with Gasteiger partial charge in [-0.3, -0.25) is 9.88 Å². The molecule has 23 heavy (non-hydrogen) atoms. The Labute approximate surface area is 137 Å². The number of fused-ring (bicyclic) bond motifs is 1. The standard InChI is InChI=1S/C18H23N5/c1-2-9-23(8-1)18-16-5-10-22(11-6-17(16)20-14-21-18)13-15-4-3-7-19-12-15/h3-4,7,12,14H,1-2,5-6,8-11,13H2. The maximum Gasteiger partial charge on any atom is 0.135 e. The lowest BCUT2D eigenvalue weighted by molar-refractivity contribution is 0.278. The molecule has 4 rings (SSSR count). The smallest absolute Gasteiger partial charge is 0.135 e. The molecular formula is C18H23N5. The molecule has 5 heteroatoms. The highest BCUT2D eigenvalue weighted by molar-refractivity contribution is 5.50. The van der Waals surface area contributed by atoms with Crippen LogP contribution < -0.4 is 4.90 Å². The lowest BCUT2D eigenvalue weighted by Gasteiger charge is -2.21. The van der Waals surface area contributed by atoms with Crippen LogP contribution in [-0.4, -0.2) is 46.0 Å². The Morgan fingerprint density at radius 2 is 1.87 bits per heavy atom. The molecule has 2 aliphatic rings. The molecule has 120 valence electrons. The highest BCUT2D eigenvalue weighted by Gasteiger charge is 2.23. The third-order valence-electron chi connectivity index (χ3n) is 4.89. The topological polar surface area (TPSA) is 45.2 Å². The lowest BCUT2D eigenvalue weighted by atomic mass is 10.1. The molecule has 0 radical (unpaired) electrons. The van der Waals surface area contributed by atoms with E-state index >= 15 is 0 Å². The van der Waals surface area contributed by atoms with E-state index in [9.17, 15) is 0 Å². The molecule has 0 amide bonds. The molecular weight excluding hydrogens is 286 g/mol. The van der Waals surface area contributed by atoms with Gasteiger partial charge in [-0.15, -0.1) is 0 Å². The van der Waals surface area contributed by atoms with Gasteiger partial charge in [0.05, 0.1) is 5.69 Å². The number of pyridine rings is 1. The third kappa shape index (κ3) is 3.20. The Morgan fingerprint density at radius 1 is 1.00 bits per heavy atom. The molecule has 1 saturated heterocycles. The van der Waals surface area contributed by atoms with Gasteiger partial charge in [-0.2, -0.15) is 0 Å². The van der Waals surface area contributed by atoms with Gasteiger partial charge in [-0.1, -0.05) is 6.07 Å². The molecule has 4 heterocycles. The molecule has 0 bridgehead atoms. The average Bonchev–Trinajstić information content (AvgIpc) is 3.05. The number of nitrogens with zero attached hydrogens (tertiary/aromatic N) is 5. The average molecular weight is 309 g/mol. The first-order valence-electron chi connectivity index (χ1n) is 8.59. The molecule has 0 saturated carbocycles. The quantitative estimate of drug-likeness (QED) is 0.868. The SMILES string of the molecule is c1cncc(CN2CCc3ncnc(N4CCCC4)c3CC2)c1. The summed E-state index contributed by atoms with van der Waals surface area (Å²) in [4.78, 5) is 18.4. The first kappa shape index (κ1) is 14.6. The van der Waals surface area contributed by atoms with Crippen molar-refractivity contribution in [2.24, 2.45) is 0 Å². The van der Waals surface area contributed by atoms with Crippen molar-refractivity contribution >= 4 is 5.82 Å². The summed E-state index contributed by atoms with van der Waals surface area (Å²) in [6.07, 6.45) is 10.2. The largest absolute Gasteiger partial charge is 0.356 e. The van der Waals surface area contributed by atoms with Gasteiger partial charge >= 0.3 is 0 Å². The van der Waals surface area contributed by atoms with Crippen LogP contribution in [0.1, 0.15) is 29.7 Å². The van der Waals surface area contributed by atoms with Crippen LogP contribution in [0.25, 0.3) is 0 Å². The van der Waals surface area contributed by atoms with E-state index in [-0.39, 0.29) is 0 Å². The predicted molar refractivity (Wildman–Crippen MR) is 90.4 cm³/mol. The monoisotopic (exact) mass is 309 g/mol. The molecule has 5 nitrogen and oxygen atoms in total. The van der Waals surface area contributed by atoms with Crippen LogP contribution >= 0.6 is 0 Å². The Hall–Kier alpha value is -2.01. The molecule has 0 aromatic carbocycles. The first-order valence-corrected chi connectivity index (χ1v) is 8.59. The van der Waals surface area contributed by atoms with Gasteiger partial charge in [0, 0.05) is 57.1 Å². The molecule has 0 atom stereocenters. The van der Waals surface area contributed by atoms with Gasteiger partial charge < -0.3 is 4.90 Å². The van der Waals surface area contributed by atoms with Crippen LogP contribution in [0.5, 0.6) is 0 Å². The zero-order valence-corrected chi connectivity index (χ0v) is 13.5. The van der Waals surface area contributed by atoms with Crippen molar-refractivity contribution in [2.45, 2.75) is 32.2 Å². The van der Waals surface area contributed by atoms with Crippen LogP contribution in [0.15, 0.2) is 30.9 Å². The molecule has 0 aliphatic carbocycles. The minimum Gasteiger partial charge on any atom is -0.356 e. The van der Waals surface area contributed by atoms with Gasteiger partial charge in [-0.25, -0.2) is 9.97 Å². The number of rotatable bonds is 3. The Bertz CT molecular complexity index is 652. The summed E-state index contributed by atoms with van der Waals surface area (Å²) in [5.41, 5.74) is 3.91. The van der Waals surface area contributed by atoms with Gasteiger partial charge in [-0.05, 0) is 30.9 Å². The van der Waals surface area contributed by atoms with E-state index in [4.69, 9.17) is 0 Å². The molecule has 2 aromatic heterocycles. The summed E-state index contributed by atoms with van der Waals surface area (Å²) < 4.78 is 0. The van der Waals surface area contributed by atoms with E-state index in [0.29, 0.717) is 0 Å². The Balaban J connectivity index is 1.51. The second-order valence-corrected chi connectivity index (χ2v) is 6.45. The summed E-state index contributed by atoms with van der Waals surface area (Å²) in [5.74, 6) is 1.19. The number of aromatic nitrogens is 3. The van der Waals surface area contributed by atoms with E-state index in [1.165, 1.54) is 35.5 Å². The van der Waals surface area contributed by atoms with E-state index in [1.54, 1.807) is 6.33 Å². The van der Waals surface area contributed by atoms with E-state index in [2.05, 4.69) is 30.8 Å². The van der Waals surface area contributed by atoms with E-state index < -0.39 is 0 Å². The Morgan fingerprint density at radius 3 is 2.70 bits per heavy atom. The van der Waals surface area contributed by atoms with Crippen molar-refractivity contribution in [1.29, 1.82) is 0 Å². The Kier molecular flexibility index (Phi) is 4.20. The maximum atomic E-state index is 4.61. The highest BCUT2D eigenvalue weighted by Crippen LogP contribution is 2.26. The first-order chi connectivity index (χ1) is 11.4. The molecule has 2 aromatic rings. The summed E-state index contributed by atoms with van der Waals surface area (Å²) in [6, 6.07) is 4.17. The van der Waals surface area contributed by atoms with Crippen LogP contribution in [0, 0.1) is 0 Å². The normalized spacial score (nSPS) is 18.7. The molecule has 0 N–H and O–H groups in total. The van der Waals surface area contributed by atoms with E-state index in [1.807, 2.05) is 18.5 Å². The predicted octanol–water partition coefficient (Wildman–Crippen LogP) is 2.07. The minimum atomic E-state index is 0.967. The van der Waals surface area contributed by atoms with Crippen LogP contribution in [0.3, 0.4) is 0 Å². The van der Waals surface area contributed by atoms with Crippen LogP contribution in [0.4, 0.5) is 5.82 Å². The number of hydrogen-bond acceptors (Lipinski definition) is 5. The van der Waals surface area contributed by atoms with Crippen molar-refractivity contribution in [3.8, 4) is 0 Å². The maximum absolute atomic E-state index is 4.61. The number of hydrogen-bond donors (Lipinski definition) is 0. The van der Waals surface area contributed by atoms with Crippen LogP contribution in [0.2, 0.25) is 0 Å². The summed E-state index contributed by atoms with van der Waals surface area (Å²) >= 11 is 0. The fraction of sp³-hybridized carbons (Fsp3) is 0.500. The zero-order valence-electron chi connectivity index (χ0n) is 13.5. The van der Waals surface area contributed by atoms with Crippen molar-refractivity contribution in [2.75, 3.05) is 31.1 Å². The summed E-state index contributed by atoms with van der Waals surface area (Å²) in [6.45, 7) is 5.37. The van der Waals surface area contributed by atoms with E-state index in [0.717, 1.165) is 45.6 Å². The van der Waals surface area contributed by atoms with Crippen molar-refractivity contribution < 1.29 is 0 Å². The van der Waals surface area contributed by atoms with Gasteiger partial charge in [0.1, 0.15) is 12.1 Å². The minimum absolute atomic E-state index is 0.967. The van der Waals surface area contributed by atoms with Crippen LogP contribution in [-0.2, 0) is 19.4 Å². The molecule has 2 aliphatic heterocycles. The fourth-order valence-corrected chi connectivity index (χ4v) is 3.66. The zero-order chi connectivity index (χ0) is 15.5. The van der Waals surface area contributed by atoms with Crippen molar-refractivity contribution in [3.05, 3.63) is 47.7 Å². The summed E-state index contributed by atoms with van der Waals surface area (Å²) in [5, 5.41) is 0. The van der Waals surface area contributed by atoms with Gasteiger partial charge in [0.15, 0.2) is 0 Å². The van der Waals surface area contributed by atoms with Crippen molar-refractivity contribution in [1.82, 2.24) is 19.9 Å². The fourth-order valence-electron chi connectivity index (χ4n) is 3.66. The molecule has 1 fully saturated rings. The lowest BCUT2D eigenvalue weighted by Crippen LogP contribution is -2.26. The highest BCUT2D eigenvalue weighted by atomic mass is 15.2. The molecule has 0 spiro atoms. The third-order valence-corrected chi connectivity index (χ3v) is 4.89. The molecule has 0 unspecified atom stereocenters. The second-order valence-electron chi connectivity index (χ2n) is 6.45. The van der Waals surface area contributed by atoms with Gasteiger partial charge in [0.2, 0.25) is 0 Å². The second kappa shape index (κ2) is 6.62. The van der Waals surface area contributed by atoms with Gasteiger partial charge in [0.25, 0.3) is 0 Å².